The molecule has 0 unspecified atom stereocenters. The molecule has 0 saturated carbocycles. The zero-order valence-electron chi connectivity index (χ0n) is 18.4. The maximum absolute atomic E-state index is 13.0. The van der Waals surface area contributed by atoms with Gasteiger partial charge in [-0.1, -0.05) is 36.4 Å². The van der Waals surface area contributed by atoms with E-state index in [1.165, 1.54) is 16.2 Å². The molecule has 176 valence electrons. The number of anilines is 1. The van der Waals surface area contributed by atoms with Crippen molar-refractivity contribution in [2.45, 2.75) is 25.9 Å². The summed E-state index contributed by atoms with van der Waals surface area (Å²) in [7, 11) is 0. The predicted octanol–water partition coefficient (Wildman–Crippen LogP) is 2.94. The third kappa shape index (κ3) is 6.55. The molecule has 0 saturated heterocycles. The van der Waals surface area contributed by atoms with E-state index in [1.807, 2.05) is 36.4 Å². The van der Waals surface area contributed by atoms with Gasteiger partial charge in [-0.3, -0.25) is 14.4 Å². The number of rotatable bonds is 10. The van der Waals surface area contributed by atoms with Gasteiger partial charge >= 0.3 is 0 Å². The number of amides is 3. The largest absolute Gasteiger partial charge is 0.454 e. The number of nitrogens with one attached hydrogen (secondary N) is 2. The fourth-order valence-electron chi connectivity index (χ4n) is 3.36. The highest BCUT2D eigenvalue weighted by Crippen LogP contribution is 2.32. The minimum Gasteiger partial charge on any atom is -0.454 e. The molecule has 2 heterocycles. The molecule has 0 aliphatic carbocycles. The predicted molar refractivity (Wildman–Crippen MR) is 126 cm³/mol. The lowest BCUT2D eigenvalue weighted by Crippen LogP contribution is -2.40. The summed E-state index contributed by atoms with van der Waals surface area (Å²) in [5, 5.41) is 7.74. The molecular formula is C24H24N4O5S. The van der Waals surface area contributed by atoms with Gasteiger partial charge in [-0.05, 0) is 23.3 Å². The third-order valence-corrected chi connectivity index (χ3v) is 5.76. The van der Waals surface area contributed by atoms with Gasteiger partial charge in [-0.2, -0.15) is 0 Å². The minimum atomic E-state index is -0.306. The lowest BCUT2D eigenvalue weighted by atomic mass is 10.1. The molecular weight excluding hydrogens is 456 g/mol. The number of ether oxygens (including phenoxy) is 2. The van der Waals surface area contributed by atoms with Crippen LogP contribution in [0.1, 0.15) is 24.0 Å². The molecule has 0 radical (unpaired) electrons. The van der Waals surface area contributed by atoms with Crippen molar-refractivity contribution >= 4 is 34.2 Å². The molecule has 1 aromatic heterocycles. The highest BCUT2D eigenvalue weighted by molar-refractivity contribution is 7.13. The van der Waals surface area contributed by atoms with Crippen molar-refractivity contribution in [3.63, 3.8) is 0 Å². The van der Waals surface area contributed by atoms with Crippen molar-refractivity contribution in [1.29, 1.82) is 0 Å². The standard InChI is InChI=1S/C24H24N4O5S/c29-21(27-24-25-10-11-34-24)8-9-23(31)28(14-18-6-7-19-20(12-18)33-16-32-19)15-22(30)26-13-17-4-2-1-3-5-17/h1-7,10-12H,8-9,13-16H2,(H,26,30)(H,25,27,29). The van der Waals surface area contributed by atoms with Crippen LogP contribution in [0.3, 0.4) is 0 Å². The molecule has 1 aliphatic heterocycles. The van der Waals surface area contributed by atoms with Gasteiger partial charge in [-0.25, -0.2) is 4.98 Å². The normalized spacial score (nSPS) is 11.6. The van der Waals surface area contributed by atoms with Crippen LogP contribution in [0, 0.1) is 0 Å². The van der Waals surface area contributed by atoms with E-state index >= 15 is 0 Å². The first-order valence-electron chi connectivity index (χ1n) is 10.7. The Kier molecular flexibility index (Phi) is 7.71. The molecule has 3 aromatic rings. The van der Waals surface area contributed by atoms with Crippen LogP contribution in [0.4, 0.5) is 5.13 Å². The summed E-state index contributed by atoms with van der Waals surface area (Å²) >= 11 is 1.30. The van der Waals surface area contributed by atoms with Crippen LogP contribution >= 0.6 is 11.3 Å². The van der Waals surface area contributed by atoms with Crippen LogP contribution in [0.2, 0.25) is 0 Å². The Morgan fingerprint density at radius 1 is 0.971 bits per heavy atom. The maximum atomic E-state index is 13.0. The van der Waals surface area contributed by atoms with E-state index in [9.17, 15) is 14.4 Å². The molecule has 4 rings (SSSR count). The van der Waals surface area contributed by atoms with Crippen LogP contribution < -0.4 is 20.1 Å². The Morgan fingerprint density at radius 3 is 2.59 bits per heavy atom. The number of benzene rings is 2. The Morgan fingerprint density at radius 2 is 1.79 bits per heavy atom. The summed E-state index contributed by atoms with van der Waals surface area (Å²) in [5.74, 6) is 0.342. The molecule has 0 spiro atoms. The minimum absolute atomic E-state index is 0.0122. The van der Waals surface area contributed by atoms with Gasteiger partial charge in [-0.15, -0.1) is 11.3 Å². The van der Waals surface area contributed by atoms with Gasteiger partial charge in [0.05, 0.1) is 6.54 Å². The Hall–Kier alpha value is -3.92. The average Bonchev–Trinajstić information content (AvgIpc) is 3.53. The number of thiazole rings is 1. The molecule has 10 heteroatoms. The summed E-state index contributed by atoms with van der Waals surface area (Å²) in [6.07, 6.45) is 1.54. The fraction of sp³-hybridized carbons (Fsp3) is 0.250. The summed E-state index contributed by atoms with van der Waals surface area (Å²) < 4.78 is 10.8. The van der Waals surface area contributed by atoms with Crippen molar-refractivity contribution in [3.05, 3.63) is 71.2 Å². The molecule has 0 bridgehead atoms. The zero-order valence-corrected chi connectivity index (χ0v) is 19.2. The molecule has 0 fully saturated rings. The van der Waals surface area contributed by atoms with Crippen LogP contribution in [-0.4, -0.2) is 40.9 Å². The molecule has 2 N–H and O–H groups in total. The van der Waals surface area contributed by atoms with E-state index in [1.54, 1.807) is 23.7 Å². The number of fused-ring (bicyclic) bond motifs is 1. The van der Waals surface area contributed by atoms with Crippen LogP contribution in [0.15, 0.2) is 60.1 Å². The van der Waals surface area contributed by atoms with E-state index in [2.05, 4.69) is 15.6 Å². The molecule has 0 atom stereocenters. The molecule has 3 amide bonds. The van der Waals surface area contributed by atoms with Crippen LogP contribution in [-0.2, 0) is 27.5 Å². The van der Waals surface area contributed by atoms with Gasteiger partial charge in [0.2, 0.25) is 24.5 Å². The third-order valence-electron chi connectivity index (χ3n) is 5.07. The van der Waals surface area contributed by atoms with E-state index in [-0.39, 0.29) is 50.4 Å². The molecule has 2 aromatic carbocycles. The first-order chi connectivity index (χ1) is 16.6. The number of carbonyl (C=O) groups excluding carboxylic acids is 3. The van der Waals surface area contributed by atoms with Crippen molar-refractivity contribution in [2.24, 2.45) is 0 Å². The van der Waals surface area contributed by atoms with Gasteiger partial charge < -0.3 is 25.0 Å². The van der Waals surface area contributed by atoms with Gasteiger partial charge in [0, 0.05) is 37.5 Å². The topological polar surface area (TPSA) is 110 Å². The lowest BCUT2D eigenvalue weighted by Gasteiger charge is -2.22. The number of nitrogens with zero attached hydrogens (tertiary/aromatic N) is 2. The van der Waals surface area contributed by atoms with Crippen LogP contribution in [0.25, 0.3) is 0 Å². The van der Waals surface area contributed by atoms with E-state index in [0.29, 0.717) is 23.2 Å². The first-order valence-corrected chi connectivity index (χ1v) is 11.6. The number of hydrogen-bond donors (Lipinski definition) is 2. The highest BCUT2D eigenvalue weighted by atomic mass is 32.1. The summed E-state index contributed by atoms with van der Waals surface area (Å²) in [6.45, 7) is 0.579. The summed E-state index contributed by atoms with van der Waals surface area (Å²) in [6, 6.07) is 14.9. The summed E-state index contributed by atoms with van der Waals surface area (Å²) in [4.78, 5) is 43.2. The number of carbonyl (C=O) groups is 3. The molecule has 34 heavy (non-hydrogen) atoms. The first kappa shape index (κ1) is 23.2. The van der Waals surface area contributed by atoms with Crippen molar-refractivity contribution < 1.29 is 23.9 Å². The maximum Gasteiger partial charge on any atom is 0.239 e. The van der Waals surface area contributed by atoms with Gasteiger partial charge in [0.15, 0.2) is 16.6 Å². The van der Waals surface area contributed by atoms with Crippen molar-refractivity contribution in [2.75, 3.05) is 18.7 Å². The number of aromatic nitrogens is 1. The second-order valence-electron chi connectivity index (χ2n) is 7.59. The SMILES string of the molecule is O=C(CN(Cc1ccc2c(c1)OCO2)C(=O)CCC(=O)Nc1nccs1)NCc1ccccc1. The van der Waals surface area contributed by atoms with Crippen molar-refractivity contribution in [3.8, 4) is 11.5 Å². The van der Waals surface area contributed by atoms with Gasteiger partial charge in [0.1, 0.15) is 0 Å². The lowest BCUT2D eigenvalue weighted by molar-refractivity contribution is -0.137. The Labute approximate surface area is 200 Å². The van der Waals surface area contributed by atoms with E-state index in [0.717, 1.165) is 11.1 Å². The van der Waals surface area contributed by atoms with Crippen molar-refractivity contribution in [1.82, 2.24) is 15.2 Å². The quantitative estimate of drug-likeness (QED) is 0.462. The monoisotopic (exact) mass is 480 g/mol. The van der Waals surface area contributed by atoms with Gasteiger partial charge in [0.25, 0.3) is 0 Å². The zero-order chi connectivity index (χ0) is 23.8. The van der Waals surface area contributed by atoms with Crippen LogP contribution in [0.5, 0.6) is 11.5 Å². The Balaban J connectivity index is 1.37. The second-order valence-corrected chi connectivity index (χ2v) is 8.48. The fourth-order valence-corrected chi connectivity index (χ4v) is 3.91. The average molecular weight is 481 g/mol. The highest BCUT2D eigenvalue weighted by Gasteiger charge is 2.21. The van der Waals surface area contributed by atoms with E-state index in [4.69, 9.17) is 9.47 Å². The smallest absolute Gasteiger partial charge is 0.239 e. The molecule has 1 aliphatic rings. The second kappa shape index (κ2) is 11.3. The summed E-state index contributed by atoms with van der Waals surface area (Å²) in [5.41, 5.74) is 1.75. The number of hydrogen-bond acceptors (Lipinski definition) is 7. The van der Waals surface area contributed by atoms with E-state index < -0.39 is 0 Å². The molecule has 9 nitrogen and oxygen atoms in total. The Bertz CT molecular complexity index is 1140.